The van der Waals surface area contributed by atoms with E-state index in [4.69, 9.17) is 9.73 Å². The number of unbranched alkanes of at least 4 members (excludes halogenated alkanes) is 2. The van der Waals surface area contributed by atoms with Crippen LogP contribution in [0.2, 0.25) is 0 Å². The number of hydrogen-bond acceptors (Lipinski definition) is 4. The minimum absolute atomic E-state index is 0.0778. The van der Waals surface area contributed by atoms with Crippen LogP contribution in [0.4, 0.5) is 0 Å². The van der Waals surface area contributed by atoms with E-state index in [2.05, 4.69) is 26.1 Å². The molecular weight excluding hydrogens is 404 g/mol. The Bertz CT molecular complexity index is 701. The van der Waals surface area contributed by atoms with Gasteiger partial charge in [-0.15, -0.1) is 0 Å². The number of thioether (sulfide) groups is 1. The number of ether oxygens (including phenoxy) is 1. The summed E-state index contributed by atoms with van der Waals surface area (Å²) in [5.74, 6) is 1.40. The van der Waals surface area contributed by atoms with Gasteiger partial charge < -0.3 is 10.1 Å². The third-order valence-electron chi connectivity index (χ3n) is 6.74. The topological polar surface area (TPSA) is 50.7 Å². The summed E-state index contributed by atoms with van der Waals surface area (Å²) in [7, 11) is 0. The first-order valence-electron chi connectivity index (χ1n) is 12.2. The molecule has 174 valence electrons. The molecule has 31 heavy (non-hydrogen) atoms. The molecule has 3 rings (SSSR count). The predicted molar refractivity (Wildman–Crippen MR) is 134 cm³/mol. The third kappa shape index (κ3) is 6.13. The van der Waals surface area contributed by atoms with Crippen LogP contribution in [0.3, 0.4) is 0 Å². The van der Waals surface area contributed by atoms with Crippen LogP contribution in [0.1, 0.15) is 89.9 Å². The quantitative estimate of drug-likeness (QED) is 0.483. The standard InChI is InChI=1S/C24H36N2O2S.C2H6/c1-4-6-13-20(14-7-5-2)24-17-28-16-15-23(24,3)18-29-22(26-24)25-21(27)19-11-9-8-10-12-19;1-2/h8-12,20H,4-7,13-18H2,1-3H3,(H,25,26,27);1-2H3/t23-,24+;/m0./s1. The molecule has 2 aliphatic rings. The van der Waals surface area contributed by atoms with Crippen LogP contribution >= 0.6 is 11.8 Å². The number of hydrogen-bond donors (Lipinski definition) is 1. The summed E-state index contributed by atoms with van der Waals surface area (Å²) >= 11 is 1.70. The van der Waals surface area contributed by atoms with Crippen molar-refractivity contribution < 1.29 is 9.53 Å². The average Bonchev–Trinajstić information content (AvgIpc) is 2.81. The van der Waals surface area contributed by atoms with E-state index < -0.39 is 0 Å². The average molecular weight is 447 g/mol. The van der Waals surface area contributed by atoms with Crippen molar-refractivity contribution in [2.45, 2.75) is 85.1 Å². The van der Waals surface area contributed by atoms with Gasteiger partial charge in [0.1, 0.15) is 0 Å². The van der Waals surface area contributed by atoms with Crippen molar-refractivity contribution in [2.24, 2.45) is 16.3 Å². The molecule has 2 atom stereocenters. The highest BCUT2D eigenvalue weighted by Crippen LogP contribution is 2.53. The smallest absolute Gasteiger partial charge is 0.257 e. The van der Waals surface area contributed by atoms with E-state index in [0.29, 0.717) is 18.1 Å². The SMILES string of the molecule is CC.CCCCC(CCCC)[C@]12COCC[C@@]1(C)CSC(NC(=O)c1ccccc1)=N2. The Morgan fingerprint density at radius 1 is 1.16 bits per heavy atom. The monoisotopic (exact) mass is 446 g/mol. The van der Waals surface area contributed by atoms with Crippen LogP contribution in [0.15, 0.2) is 35.3 Å². The van der Waals surface area contributed by atoms with Gasteiger partial charge in [-0.3, -0.25) is 9.79 Å². The van der Waals surface area contributed by atoms with Crippen LogP contribution in [0.5, 0.6) is 0 Å². The van der Waals surface area contributed by atoms with Crippen LogP contribution in [-0.2, 0) is 4.74 Å². The number of nitrogens with one attached hydrogen (secondary N) is 1. The summed E-state index contributed by atoms with van der Waals surface area (Å²) in [6.45, 7) is 12.4. The fraction of sp³-hybridized carbons (Fsp3) is 0.692. The molecule has 1 fully saturated rings. The molecule has 0 spiro atoms. The molecule has 1 N–H and O–H groups in total. The summed E-state index contributed by atoms with van der Waals surface area (Å²) in [6, 6.07) is 9.40. The maximum absolute atomic E-state index is 12.7. The summed E-state index contributed by atoms with van der Waals surface area (Å²) in [5.41, 5.74) is 0.551. The number of benzene rings is 1. The van der Waals surface area contributed by atoms with Crippen molar-refractivity contribution in [1.29, 1.82) is 0 Å². The number of aliphatic imine (C=N–C) groups is 1. The summed E-state index contributed by atoms with van der Waals surface area (Å²) < 4.78 is 6.06. The molecule has 0 bridgehead atoms. The van der Waals surface area contributed by atoms with Gasteiger partial charge in [0.05, 0.1) is 12.1 Å². The number of carbonyl (C=O) groups is 1. The Balaban J connectivity index is 0.00000166. The van der Waals surface area contributed by atoms with Gasteiger partial charge in [-0.25, -0.2) is 0 Å². The fourth-order valence-corrected chi connectivity index (χ4v) is 6.01. The molecule has 0 radical (unpaired) electrons. The van der Waals surface area contributed by atoms with E-state index in [1.54, 1.807) is 11.8 Å². The van der Waals surface area contributed by atoms with Crippen LogP contribution in [-0.4, -0.2) is 35.6 Å². The van der Waals surface area contributed by atoms with Crippen LogP contribution < -0.4 is 5.32 Å². The lowest BCUT2D eigenvalue weighted by atomic mass is 9.60. The number of amidine groups is 1. The van der Waals surface area contributed by atoms with Gasteiger partial charge in [-0.2, -0.15) is 0 Å². The number of nitrogens with zero attached hydrogens (tertiary/aromatic N) is 1. The van der Waals surface area contributed by atoms with Gasteiger partial charge >= 0.3 is 0 Å². The number of carbonyl (C=O) groups excluding carboxylic acids is 1. The van der Waals surface area contributed by atoms with Gasteiger partial charge in [0.2, 0.25) is 0 Å². The lowest BCUT2D eigenvalue weighted by Crippen LogP contribution is -2.61. The molecule has 0 saturated carbocycles. The highest BCUT2D eigenvalue weighted by Gasteiger charge is 2.56. The van der Waals surface area contributed by atoms with E-state index in [0.717, 1.165) is 23.9 Å². The van der Waals surface area contributed by atoms with Crippen molar-refractivity contribution in [2.75, 3.05) is 19.0 Å². The molecule has 1 amide bonds. The van der Waals surface area contributed by atoms with Crippen LogP contribution in [0.25, 0.3) is 0 Å². The first-order valence-corrected chi connectivity index (χ1v) is 13.2. The van der Waals surface area contributed by atoms with Crippen molar-refractivity contribution in [3.8, 4) is 0 Å². The largest absolute Gasteiger partial charge is 0.379 e. The molecule has 0 unspecified atom stereocenters. The second kappa shape index (κ2) is 12.6. The Morgan fingerprint density at radius 3 is 2.42 bits per heavy atom. The lowest BCUT2D eigenvalue weighted by Gasteiger charge is -2.55. The van der Waals surface area contributed by atoms with E-state index in [1.807, 2.05) is 44.2 Å². The number of rotatable bonds is 8. The molecule has 4 nitrogen and oxygen atoms in total. The second-order valence-corrected chi connectivity index (χ2v) is 9.76. The normalized spacial score (nSPS) is 25.2. The molecule has 0 aliphatic carbocycles. The molecular formula is C26H42N2O2S. The van der Waals surface area contributed by atoms with Gasteiger partial charge in [0.15, 0.2) is 5.17 Å². The molecule has 1 saturated heterocycles. The first-order chi connectivity index (χ1) is 15.0. The maximum Gasteiger partial charge on any atom is 0.257 e. The molecule has 2 heterocycles. The Hall–Kier alpha value is -1.33. The summed E-state index contributed by atoms with van der Waals surface area (Å²) in [5, 5.41) is 3.86. The number of fused-ring (bicyclic) bond motifs is 1. The Labute approximate surface area is 194 Å². The summed E-state index contributed by atoms with van der Waals surface area (Å²) in [6.07, 6.45) is 8.26. The zero-order valence-electron chi connectivity index (χ0n) is 20.2. The van der Waals surface area contributed by atoms with Gasteiger partial charge in [-0.05, 0) is 37.3 Å². The Morgan fingerprint density at radius 2 is 1.81 bits per heavy atom. The van der Waals surface area contributed by atoms with Crippen molar-refractivity contribution >= 4 is 22.8 Å². The summed E-state index contributed by atoms with van der Waals surface area (Å²) in [4.78, 5) is 18.0. The van der Waals surface area contributed by atoms with Gasteiger partial charge in [0, 0.05) is 23.3 Å². The van der Waals surface area contributed by atoms with Crippen molar-refractivity contribution in [3.05, 3.63) is 35.9 Å². The minimum Gasteiger partial charge on any atom is -0.379 e. The van der Waals surface area contributed by atoms with Gasteiger partial charge in [-0.1, -0.05) is 90.3 Å². The third-order valence-corrected chi connectivity index (χ3v) is 7.99. The molecule has 0 aromatic heterocycles. The zero-order chi connectivity index (χ0) is 22.7. The second-order valence-electron chi connectivity index (χ2n) is 8.79. The minimum atomic E-state index is -0.236. The van der Waals surface area contributed by atoms with Crippen LogP contribution in [0, 0.1) is 11.3 Å². The fourth-order valence-electron chi connectivity index (χ4n) is 4.77. The lowest BCUT2D eigenvalue weighted by molar-refractivity contribution is -0.0710. The number of amides is 1. The predicted octanol–water partition coefficient (Wildman–Crippen LogP) is 6.71. The van der Waals surface area contributed by atoms with Crippen molar-refractivity contribution in [1.82, 2.24) is 5.32 Å². The first kappa shape index (κ1) is 25.9. The highest BCUT2D eigenvalue weighted by molar-refractivity contribution is 8.14. The van der Waals surface area contributed by atoms with Gasteiger partial charge in [0.25, 0.3) is 5.91 Å². The zero-order valence-corrected chi connectivity index (χ0v) is 21.0. The molecule has 1 aromatic carbocycles. The molecule has 1 aromatic rings. The van der Waals surface area contributed by atoms with E-state index in [1.165, 1.54) is 38.5 Å². The molecule has 2 aliphatic heterocycles. The van der Waals surface area contributed by atoms with Crippen molar-refractivity contribution in [3.63, 3.8) is 0 Å². The van der Waals surface area contributed by atoms with E-state index in [9.17, 15) is 4.79 Å². The van der Waals surface area contributed by atoms with E-state index in [-0.39, 0.29) is 16.9 Å². The highest BCUT2D eigenvalue weighted by atomic mass is 32.2. The maximum atomic E-state index is 12.7. The van der Waals surface area contributed by atoms with E-state index >= 15 is 0 Å². The molecule has 5 heteroatoms. The Kier molecular flexibility index (Phi) is 10.6.